The van der Waals surface area contributed by atoms with Gasteiger partial charge < -0.3 is 10.4 Å². The van der Waals surface area contributed by atoms with E-state index >= 15 is 0 Å². The van der Waals surface area contributed by atoms with Crippen LogP contribution in [-0.2, 0) is 6.42 Å². The highest BCUT2D eigenvalue weighted by molar-refractivity contribution is 5.98. The van der Waals surface area contributed by atoms with E-state index in [0.717, 1.165) is 6.42 Å². The summed E-state index contributed by atoms with van der Waals surface area (Å²) in [5.41, 5.74) is 1.19. The van der Waals surface area contributed by atoms with Gasteiger partial charge in [0.05, 0.1) is 0 Å². The predicted octanol–water partition coefficient (Wildman–Crippen LogP) is -0.177. The molecule has 64 valence electrons. The van der Waals surface area contributed by atoms with Gasteiger partial charge in [0.1, 0.15) is 5.71 Å². The molecule has 1 heterocycles. The second kappa shape index (κ2) is 2.47. The largest absolute Gasteiger partial charge is 0.411 e. The van der Waals surface area contributed by atoms with Crippen LogP contribution in [0.3, 0.4) is 0 Å². The van der Waals surface area contributed by atoms with Crippen LogP contribution in [0.2, 0.25) is 0 Å². The predicted molar refractivity (Wildman–Crippen MR) is 36.7 cm³/mol. The first-order valence-electron chi connectivity index (χ1n) is 3.63. The SMILES string of the molecule is [O-][n+]1onc2c1/C(=N/O)CCC2. The van der Waals surface area contributed by atoms with E-state index in [2.05, 4.69) is 14.9 Å². The molecule has 0 amide bonds. The van der Waals surface area contributed by atoms with Crippen molar-refractivity contribution in [3.8, 4) is 0 Å². The summed E-state index contributed by atoms with van der Waals surface area (Å²) in [4.78, 5) is 0.281. The van der Waals surface area contributed by atoms with Crippen LogP contribution >= 0.6 is 0 Å². The molecular weight excluding hydrogens is 162 g/mol. The molecule has 0 spiro atoms. The van der Waals surface area contributed by atoms with Crippen molar-refractivity contribution in [2.75, 3.05) is 0 Å². The summed E-state index contributed by atoms with van der Waals surface area (Å²) in [6, 6.07) is 0. The zero-order valence-corrected chi connectivity index (χ0v) is 6.23. The van der Waals surface area contributed by atoms with Crippen molar-refractivity contribution in [2.24, 2.45) is 5.16 Å². The fourth-order valence-electron chi connectivity index (χ4n) is 1.35. The molecule has 1 N–H and O–H groups in total. The first kappa shape index (κ1) is 7.08. The number of hydrogen-bond donors (Lipinski definition) is 1. The van der Waals surface area contributed by atoms with Gasteiger partial charge in [0.15, 0.2) is 0 Å². The number of oxime groups is 1. The molecule has 2 rings (SSSR count). The van der Waals surface area contributed by atoms with Crippen LogP contribution < -0.4 is 4.90 Å². The van der Waals surface area contributed by atoms with Crippen LogP contribution in [0.1, 0.15) is 24.2 Å². The van der Waals surface area contributed by atoms with E-state index in [1.54, 1.807) is 0 Å². The molecule has 0 saturated carbocycles. The van der Waals surface area contributed by atoms with Crippen LogP contribution in [0.15, 0.2) is 9.78 Å². The van der Waals surface area contributed by atoms with Crippen molar-refractivity contribution in [1.82, 2.24) is 5.16 Å². The molecule has 1 aromatic heterocycles. The number of hydrogen-bond acceptors (Lipinski definition) is 5. The third kappa shape index (κ3) is 0.843. The van der Waals surface area contributed by atoms with Gasteiger partial charge in [0.2, 0.25) is 11.4 Å². The molecular formula is C6H7N3O3. The molecule has 1 aliphatic rings. The summed E-state index contributed by atoms with van der Waals surface area (Å²) in [6.45, 7) is 0. The van der Waals surface area contributed by atoms with Crippen LogP contribution in [0.25, 0.3) is 0 Å². The quantitative estimate of drug-likeness (QED) is 0.331. The minimum atomic E-state index is 0.267. The molecule has 0 saturated heterocycles. The van der Waals surface area contributed by atoms with Gasteiger partial charge in [0, 0.05) is 11.6 Å². The second-order valence-electron chi connectivity index (χ2n) is 2.63. The lowest BCUT2D eigenvalue weighted by atomic mass is 9.99. The van der Waals surface area contributed by atoms with Crippen molar-refractivity contribution in [3.05, 3.63) is 16.6 Å². The van der Waals surface area contributed by atoms with Crippen LogP contribution in [0.4, 0.5) is 0 Å². The van der Waals surface area contributed by atoms with E-state index in [9.17, 15) is 5.21 Å². The lowest BCUT2D eigenvalue weighted by Gasteiger charge is -2.05. The summed E-state index contributed by atoms with van der Waals surface area (Å²) in [5.74, 6) is 0. The standard InChI is InChI=1S/C6H7N3O3/c10-7-4-2-1-3-5-6(4)9(11)12-8-5/h10H,1-3H2/b7-4+. The fourth-order valence-corrected chi connectivity index (χ4v) is 1.35. The number of nitrogens with zero attached hydrogens (tertiary/aromatic N) is 3. The molecule has 0 aliphatic heterocycles. The Labute approximate surface area is 67.6 Å². The number of rotatable bonds is 0. The summed E-state index contributed by atoms with van der Waals surface area (Å²) in [7, 11) is 0. The van der Waals surface area contributed by atoms with Gasteiger partial charge in [-0.25, -0.2) is 0 Å². The lowest BCUT2D eigenvalue weighted by Crippen LogP contribution is -2.33. The average molecular weight is 169 g/mol. The Balaban J connectivity index is 2.55. The molecule has 0 atom stereocenters. The Bertz CT molecular complexity index is 331. The Hall–Kier alpha value is -1.59. The van der Waals surface area contributed by atoms with E-state index in [1.807, 2.05) is 0 Å². The molecule has 0 unspecified atom stereocenters. The van der Waals surface area contributed by atoms with Gasteiger partial charge in [-0.2, -0.15) is 0 Å². The van der Waals surface area contributed by atoms with Crippen molar-refractivity contribution < 1.29 is 14.7 Å². The fraction of sp³-hybridized carbons (Fsp3) is 0.500. The first-order valence-corrected chi connectivity index (χ1v) is 3.63. The van der Waals surface area contributed by atoms with Gasteiger partial charge in [-0.3, -0.25) is 4.63 Å². The Morgan fingerprint density at radius 1 is 1.58 bits per heavy atom. The van der Waals surface area contributed by atoms with E-state index < -0.39 is 0 Å². The van der Waals surface area contributed by atoms with Gasteiger partial charge in [-0.1, -0.05) is 5.16 Å². The number of fused-ring (bicyclic) bond motifs is 1. The molecule has 1 aromatic rings. The molecule has 0 radical (unpaired) electrons. The van der Waals surface area contributed by atoms with Crippen LogP contribution in [0.5, 0.6) is 0 Å². The molecule has 6 heteroatoms. The molecule has 0 fully saturated rings. The number of aryl methyl sites for hydroxylation is 1. The lowest BCUT2D eigenvalue weighted by molar-refractivity contribution is -0.803. The Kier molecular flexibility index (Phi) is 1.46. The highest BCUT2D eigenvalue weighted by Gasteiger charge is 2.28. The molecule has 12 heavy (non-hydrogen) atoms. The summed E-state index contributed by atoms with van der Waals surface area (Å²) < 4.78 is 4.37. The molecule has 1 aliphatic carbocycles. The van der Waals surface area contributed by atoms with Crippen LogP contribution in [-0.4, -0.2) is 16.1 Å². The second-order valence-corrected chi connectivity index (χ2v) is 2.63. The van der Waals surface area contributed by atoms with Gasteiger partial charge in [-0.05, 0) is 17.7 Å². The average Bonchev–Trinajstić information content (AvgIpc) is 2.48. The minimum absolute atomic E-state index is 0.267. The maximum absolute atomic E-state index is 10.9. The zero-order valence-electron chi connectivity index (χ0n) is 6.23. The first-order chi connectivity index (χ1) is 5.83. The smallest absolute Gasteiger partial charge is 0.246 e. The highest BCUT2D eigenvalue weighted by Crippen LogP contribution is 2.16. The van der Waals surface area contributed by atoms with Gasteiger partial charge in [0.25, 0.3) is 0 Å². The number of aromatic nitrogens is 2. The Morgan fingerprint density at radius 3 is 3.17 bits per heavy atom. The summed E-state index contributed by atoms with van der Waals surface area (Å²) in [6.07, 6.45) is 2.12. The zero-order chi connectivity index (χ0) is 8.55. The maximum Gasteiger partial charge on any atom is 0.246 e. The van der Waals surface area contributed by atoms with Gasteiger partial charge in [-0.15, -0.1) is 0 Å². The normalized spacial score (nSPS) is 19.5. The third-order valence-electron chi connectivity index (χ3n) is 1.90. The maximum atomic E-state index is 10.9. The molecule has 0 bridgehead atoms. The summed E-state index contributed by atoms with van der Waals surface area (Å²) in [5, 5.41) is 26.0. The van der Waals surface area contributed by atoms with Crippen molar-refractivity contribution >= 4 is 5.71 Å². The highest BCUT2D eigenvalue weighted by atomic mass is 16.8. The van der Waals surface area contributed by atoms with Crippen LogP contribution in [0, 0.1) is 5.21 Å². The third-order valence-corrected chi connectivity index (χ3v) is 1.90. The van der Waals surface area contributed by atoms with E-state index in [-0.39, 0.29) is 10.6 Å². The van der Waals surface area contributed by atoms with Crippen molar-refractivity contribution in [1.29, 1.82) is 0 Å². The van der Waals surface area contributed by atoms with E-state index in [4.69, 9.17) is 5.21 Å². The van der Waals surface area contributed by atoms with Gasteiger partial charge >= 0.3 is 0 Å². The Morgan fingerprint density at radius 2 is 2.42 bits per heavy atom. The summed E-state index contributed by atoms with van der Waals surface area (Å²) >= 11 is 0. The van der Waals surface area contributed by atoms with Crippen molar-refractivity contribution in [3.63, 3.8) is 0 Å². The molecule has 0 aromatic carbocycles. The van der Waals surface area contributed by atoms with Crippen molar-refractivity contribution in [2.45, 2.75) is 19.3 Å². The minimum Gasteiger partial charge on any atom is -0.411 e. The van der Waals surface area contributed by atoms with E-state index in [1.165, 1.54) is 0 Å². The van der Waals surface area contributed by atoms with E-state index in [0.29, 0.717) is 24.2 Å². The molecule has 6 nitrogen and oxygen atoms in total. The topological polar surface area (TPSA) is 85.6 Å². The monoisotopic (exact) mass is 169 g/mol.